The van der Waals surface area contributed by atoms with Gasteiger partial charge in [-0.2, -0.15) is 0 Å². The fraction of sp³-hybridized carbons (Fsp3) is 0.800. The molecule has 0 bridgehead atoms. The predicted molar refractivity (Wildman–Crippen MR) is 83.2 cm³/mol. The average molecular weight is 290 g/mol. The summed E-state index contributed by atoms with van der Waals surface area (Å²) < 4.78 is 0. The Hall–Kier alpha value is -1.27. The maximum Gasteiger partial charge on any atom is 0.196 e. The molecule has 0 spiro atoms. The number of fused-ring (bicyclic) bond motifs is 1. The quantitative estimate of drug-likeness (QED) is 0.664. The summed E-state index contributed by atoms with van der Waals surface area (Å²) in [7, 11) is 2.21. The van der Waals surface area contributed by atoms with Crippen LogP contribution in [0.5, 0.6) is 0 Å². The van der Waals surface area contributed by atoms with Crippen molar-refractivity contribution in [2.45, 2.75) is 24.9 Å². The Morgan fingerprint density at radius 3 is 2.57 bits per heavy atom. The second-order valence-corrected chi connectivity index (χ2v) is 7.44. The molecule has 3 unspecified atom stereocenters. The summed E-state index contributed by atoms with van der Waals surface area (Å²) in [5.41, 5.74) is 11.8. The molecule has 0 aromatic carbocycles. The zero-order chi connectivity index (χ0) is 14.6. The van der Waals surface area contributed by atoms with Gasteiger partial charge in [-0.3, -0.25) is 0 Å². The van der Waals surface area contributed by atoms with E-state index >= 15 is 0 Å². The molecule has 0 aromatic rings. The number of rotatable bonds is 3. The summed E-state index contributed by atoms with van der Waals surface area (Å²) in [5, 5.41) is 3.23. The van der Waals surface area contributed by atoms with Crippen molar-refractivity contribution in [2.75, 3.05) is 33.2 Å². The van der Waals surface area contributed by atoms with Crippen molar-refractivity contribution < 1.29 is 0 Å². The Bertz CT molecular complexity index is 482. The van der Waals surface area contributed by atoms with Gasteiger partial charge in [0.2, 0.25) is 0 Å². The van der Waals surface area contributed by atoms with Crippen LogP contribution in [0.2, 0.25) is 0 Å². The monoisotopic (exact) mass is 290 g/mol. The summed E-state index contributed by atoms with van der Waals surface area (Å²) >= 11 is 0. The van der Waals surface area contributed by atoms with Gasteiger partial charge in [0.25, 0.3) is 0 Å². The molecule has 0 radical (unpaired) electrons. The molecule has 0 aromatic heterocycles. The Balaban J connectivity index is 1.49. The molecule has 3 fully saturated rings. The highest BCUT2D eigenvalue weighted by molar-refractivity contribution is 5.81. The third-order valence-electron chi connectivity index (χ3n) is 5.29. The van der Waals surface area contributed by atoms with Crippen molar-refractivity contribution in [1.82, 2.24) is 15.1 Å². The number of likely N-dealkylation sites (tertiary alicyclic amines) is 2. The van der Waals surface area contributed by atoms with E-state index in [0.717, 1.165) is 43.1 Å². The van der Waals surface area contributed by atoms with E-state index in [4.69, 9.17) is 11.5 Å². The summed E-state index contributed by atoms with van der Waals surface area (Å²) in [6.07, 6.45) is 5.59. The highest BCUT2D eigenvalue weighted by atomic mass is 15.3. The molecular weight excluding hydrogens is 264 g/mol. The van der Waals surface area contributed by atoms with E-state index in [1.54, 1.807) is 0 Å². The van der Waals surface area contributed by atoms with Crippen LogP contribution in [-0.2, 0) is 0 Å². The van der Waals surface area contributed by atoms with Crippen LogP contribution in [-0.4, -0.2) is 54.6 Å². The largest absolute Gasteiger partial charge is 0.370 e. The molecule has 4 rings (SSSR count). The van der Waals surface area contributed by atoms with Crippen molar-refractivity contribution in [1.29, 1.82) is 0 Å². The number of nitrogens with zero attached hydrogens (tertiary/aromatic N) is 3. The first kappa shape index (κ1) is 13.4. The van der Waals surface area contributed by atoms with Gasteiger partial charge in [0, 0.05) is 26.2 Å². The van der Waals surface area contributed by atoms with E-state index in [1.165, 1.54) is 25.9 Å². The van der Waals surface area contributed by atoms with Crippen LogP contribution in [0.4, 0.5) is 0 Å². The molecule has 21 heavy (non-hydrogen) atoms. The van der Waals surface area contributed by atoms with Crippen LogP contribution < -0.4 is 16.8 Å². The summed E-state index contributed by atoms with van der Waals surface area (Å²) in [4.78, 5) is 9.30. The predicted octanol–water partition coefficient (Wildman–Crippen LogP) is -0.306. The maximum absolute atomic E-state index is 6.47. The number of aliphatic imine (C=N–C) groups is 1. The fourth-order valence-corrected chi connectivity index (χ4v) is 4.17. The second kappa shape index (κ2) is 4.61. The molecule has 2 saturated heterocycles. The first-order chi connectivity index (χ1) is 10.0. The smallest absolute Gasteiger partial charge is 0.196 e. The van der Waals surface area contributed by atoms with Gasteiger partial charge in [-0.15, -0.1) is 0 Å². The molecule has 4 aliphatic rings. The van der Waals surface area contributed by atoms with E-state index in [0.29, 0.717) is 5.96 Å². The normalized spacial score (nSPS) is 39.8. The Morgan fingerprint density at radius 1 is 1.29 bits per heavy atom. The maximum atomic E-state index is 6.47. The summed E-state index contributed by atoms with van der Waals surface area (Å²) in [6, 6.07) is 0. The van der Waals surface area contributed by atoms with Crippen molar-refractivity contribution in [3.63, 3.8) is 0 Å². The van der Waals surface area contributed by atoms with Crippen LogP contribution in [0, 0.1) is 17.8 Å². The topological polar surface area (TPSA) is 82.9 Å². The van der Waals surface area contributed by atoms with E-state index in [2.05, 4.69) is 33.2 Å². The van der Waals surface area contributed by atoms with Crippen molar-refractivity contribution in [2.24, 2.45) is 34.2 Å². The van der Waals surface area contributed by atoms with Gasteiger partial charge >= 0.3 is 0 Å². The van der Waals surface area contributed by atoms with Gasteiger partial charge < -0.3 is 26.6 Å². The van der Waals surface area contributed by atoms with Gasteiger partial charge in [-0.25, -0.2) is 4.99 Å². The fourth-order valence-electron chi connectivity index (χ4n) is 4.17. The van der Waals surface area contributed by atoms with Crippen LogP contribution >= 0.6 is 0 Å². The SMILES string of the molecule is CN1CC2CN(C3=CC(N)(CC4CC4)N=C(N)N3)CC2C1. The number of nitrogens with two attached hydrogens (primary N) is 2. The Morgan fingerprint density at radius 2 is 1.95 bits per heavy atom. The first-order valence-corrected chi connectivity index (χ1v) is 8.08. The molecule has 6 heteroatoms. The lowest BCUT2D eigenvalue weighted by atomic mass is 10.0. The highest BCUT2D eigenvalue weighted by Gasteiger charge is 2.41. The second-order valence-electron chi connectivity index (χ2n) is 7.44. The molecule has 6 nitrogen and oxygen atoms in total. The zero-order valence-electron chi connectivity index (χ0n) is 12.8. The van der Waals surface area contributed by atoms with E-state index in [9.17, 15) is 0 Å². The van der Waals surface area contributed by atoms with Crippen LogP contribution in [0.25, 0.3) is 0 Å². The van der Waals surface area contributed by atoms with Crippen LogP contribution in [0.1, 0.15) is 19.3 Å². The first-order valence-electron chi connectivity index (χ1n) is 8.08. The Kier molecular flexibility index (Phi) is 2.94. The number of nitrogens with one attached hydrogen (secondary N) is 1. The van der Waals surface area contributed by atoms with E-state index in [-0.39, 0.29) is 0 Å². The third-order valence-corrected chi connectivity index (χ3v) is 5.29. The molecule has 1 aliphatic carbocycles. The minimum absolute atomic E-state index is 0.463. The lowest BCUT2D eigenvalue weighted by Crippen LogP contribution is -2.50. The highest BCUT2D eigenvalue weighted by Crippen LogP contribution is 2.38. The van der Waals surface area contributed by atoms with E-state index < -0.39 is 5.66 Å². The van der Waals surface area contributed by atoms with E-state index in [1.807, 2.05) is 0 Å². The van der Waals surface area contributed by atoms with Gasteiger partial charge in [0.05, 0.1) is 0 Å². The van der Waals surface area contributed by atoms with Crippen LogP contribution in [0.15, 0.2) is 16.9 Å². The number of guanidine groups is 1. The van der Waals surface area contributed by atoms with Crippen molar-refractivity contribution >= 4 is 5.96 Å². The lowest BCUT2D eigenvalue weighted by molar-refractivity contribution is 0.307. The Labute approximate surface area is 126 Å². The minimum atomic E-state index is -0.611. The van der Waals surface area contributed by atoms with Gasteiger partial charge in [0.1, 0.15) is 11.5 Å². The third kappa shape index (κ3) is 2.62. The standard InChI is InChI=1S/C15H26N6/c1-20-6-11-8-21(9-12(11)7-20)13-5-15(17,4-10-2-3-10)19-14(16)18-13/h5,10-12H,2-4,6-9,17H2,1H3,(H3,16,18,19). The number of hydrogen-bond acceptors (Lipinski definition) is 6. The molecule has 3 heterocycles. The van der Waals surface area contributed by atoms with Gasteiger partial charge in [0.15, 0.2) is 5.96 Å². The molecule has 0 amide bonds. The molecule has 3 atom stereocenters. The lowest BCUT2D eigenvalue weighted by Gasteiger charge is -2.33. The van der Waals surface area contributed by atoms with Crippen molar-refractivity contribution in [3.8, 4) is 0 Å². The molecule has 3 aliphatic heterocycles. The molecule has 5 N–H and O–H groups in total. The van der Waals surface area contributed by atoms with Gasteiger partial charge in [-0.1, -0.05) is 12.8 Å². The average Bonchev–Trinajstić information content (AvgIpc) is 2.96. The van der Waals surface area contributed by atoms with Crippen LogP contribution in [0.3, 0.4) is 0 Å². The molecule has 1 saturated carbocycles. The van der Waals surface area contributed by atoms with Gasteiger partial charge in [-0.05, 0) is 37.3 Å². The number of hydrogen-bond donors (Lipinski definition) is 3. The summed E-state index contributed by atoms with van der Waals surface area (Å²) in [6.45, 7) is 4.60. The zero-order valence-corrected chi connectivity index (χ0v) is 12.8. The van der Waals surface area contributed by atoms with Crippen molar-refractivity contribution in [3.05, 3.63) is 11.9 Å². The minimum Gasteiger partial charge on any atom is -0.370 e. The summed E-state index contributed by atoms with van der Waals surface area (Å²) in [5.74, 6) is 3.81. The molecule has 116 valence electrons. The molecular formula is C15H26N6.